The molecule has 7 nitrogen and oxygen atoms in total. The van der Waals surface area contributed by atoms with Gasteiger partial charge in [0.05, 0.1) is 18.0 Å². The van der Waals surface area contributed by atoms with Gasteiger partial charge in [-0.3, -0.25) is 4.99 Å². The van der Waals surface area contributed by atoms with Crippen molar-refractivity contribution in [3.05, 3.63) is 65.2 Å². The molecule has 0 aliphatic carbocycles. The van der Waals surface area contributed by atoms with Crippen LogP contribution in [-0.2, 0) is 21.2 Å². The molecular formula is C21H29IN4O3S. The fourth-order valence-corrected chi connectivity index (χ4v) is 3.99. The van der Waals surface area contributed by atoms with Gasteiger partial charge in [0.2, 0.25) is 10.0 Å². The molecule has 0 aromatic heterocycles. The van der Waals surface area contributed by atoms with E-state index in [0.29, 0.717) is 13.2 Å². The molecule has 1 aliphatic heterocycles. The zero-order valence-electron chi connectivity index (χ0n) is 17.2. The van der Waals surface area contributed by atoms with Crippen LogP contribution in [0.25, 0.3) is 0 Å². The van der Waals surface area contributed by atoms with Gasteiger partial charge < -0.3 is 15.0 Å². The zero-order chi connectivity index (χ0) is 20.9. The van der Waals surface area contributed by atoms with Gasteiger partial charge in [-0.05, 0) is 42.2 Å². The fraction of sp³-hybridized carbons (Fsp3) is 0.381. The van der Waals surface area contributed by atoms with E-state index in [2.05, 4.69) is 34.3 Å². The van der Waals surface area contributed by atoms with E-state index in [1.807, 2.05) is 12.1 Å². The molecule has 3 rings (SSSR count). The number of nitrogens with zero attached hydrogens (tertiary/aromatic N) is 2. The Kier molecular flexibility index (Phi) is 9.08. The molecule has 0 saturated carbocycles. The van der Waals surface area contributed by atoms with Crippen LogP contribution in [0, 0.1) is 6.92 Å². The van der Waals surface area contributed by atoms with E-state index < -0.39 is 10.0 Å². The third-order valence-corrected chi connectivity index (χ3v) is 5.99. The quantitative estimate of drug-likeness (QED) is 0.343. The number of primary sulfonamides is 1. The van der Waals surface area contributed by atoms with Crippen LogP contribution in [0.4, 0.5) is 0 Å². The number of guanidine groups is 1. The molecule has 0 spiro atoms. The van der Waals surface area contributed by atoms with Gasteiger partial charge in [-0.1, -0.05) is 36.4 Å². The average Bonchev–Trinajstić information content (AvgIpc) is 2.71. The third-order valence-electron chi connectivity index (χ3n) is 5.06. The molecule has 164 valence electrons. The van der Waals surface area contributed by atoms with Crippen LogP contribution in [0.15, 0.2) is 58.4 Å². The predicted molar refractivity (Wildman–Crippen MR) is 130 cm³/mol. The first kappa shape index (κ1) is 24.6. The van der Waals surface area contributed by atoms with Crippen LogP contribution in [-0.4, -0.2) is 52.6 Å². The van der Waals surface area contributed by atoms with Crippen molar-refractivity contribution in [3.8, 4) is 0 Å². The Bertz CT molecular complexity index is 964. The van der Waals surface area contributed by atoms with E-state index >= 15 is 0 Å². The maximum atomic E-state index is 11.3. The molecule has 1 unspecified atom stereocenters. The number of morpholine rings is 1. The van der Waals surface area contributed by atoms with Gasteiger partial charge in [0.25, 0.3) is 0 Å². The SMILES string of the molecule is CN=C(NCCc1ccc(S(N)(=O)=O)cc1)N1CCOC(c2ccccc2C)C1.I. The highest BCUT2D eigenvalue weighted by atomic mass is 127. The summed E-state index contributed by atoms with van der Waals surface area (Å²) in [5.74, 6) is 0.841. The van der Waals surface area contributed by atoms with Crippen molar-refractivity contribution in [2.24, 2.45) is 10.1 Å². The first-order valence-corrected chi connectivity index (χ1v) is 11.2. The maximum absolute atomic E-state index is 11.3. The molecule has 1 fully saturated rings. The van der Waals surface area contributed by atoms with Crippen molar-refractivity contribution in [1.82, 2.24) is 10.2 Å². The summed E-state index contributed by atoms with van der Waals surface area (Å²) >= 11 is 0. The highest BCUT2D eigenvalue weighted by molar-refractivity contribution is 14.0. The molecule has 30 heavy (non-hydrogen) atoms. The molecule has 1 aliphatic rings. The van der Waals surface area contributed by atoms with Gasteiger partial charge in [-0.25, -0.2) is 13.6 Å². The molecule has 1 saturated heterocycles. The molecule has 1 heterocycles. The Morgan fingerprint density at radius 2 is 1.93 bits per heavy atom. The summed E-state index contributed by atoms with van der Waals surface area (Å²) in [6.07, 6.45) is 0.768. The van der Waals surface area contributed by atoms with Crippen molar-refractivity contribution < 1.29 is 13.2 Å². The van der Waals surface area contributed by atoms with Crippen LogP contribution >= 0.6 is 24.0 Å². The number of aryl methyl sites for hydroxylation is 1. The fourth-order valence-electron chi connectivity index (χ4n) is 3.47. The maximum Gasteiger partial charge on any atom is 0.238 e. The number of hydrogen-bond donors (Lipinski definition) is 2. The number of rotatable bonds is 5. The van der Waals surface area contributed by atoms with Crippen LogP contribution in [0.1, 0.15) is 22.8 Å². The number of nitrogens with two attached hydrogens (primary N) is 1. The monoisotopic (exact) mass is 544 g/mol. The third kappa shape index (κ3) is 6.40. The summed E-state index contributed by atoms with van der Waals surface area (Å²) in [5.41, 5.74) is 3.47. The summed E-state index contributed by atoms with van der Waals surface area (Å²) in [6, 6.07) is 14.9. The molecular weight excluding hydrogens is 515 g/mol. The Morgan fingerprint density at radius 1 is 1.23 bits per heavy atom. The normalized spacial score (nSPS) is 17.4. The lowest BCUT2D eigenvalue weighted by Crippen LogP contribution is -2.48. The number of ether oxygens (including phenoxy) is 1. The number of hydrogen-bond acceptors (Lipinski definition) is 4. The first-order chi connectivity index (χ1) is 13.9. The van der Waals surface area contributed by atoms with E-state index in [1.165, 1.54) is 23.3 Å². The molecule has 1 atom stereocenters. The standard InChI is InChI=1S/C21H28N4O3S.HI/c1-16-5-3-4-6-19(16)20-15-25(13-14-28-20)21(23-2)24-12-11-17-7-9-18(10-8-17)29(22,26)27;/h3-10,20H,11-15H2,1-2H3,(H,23,24)(H2,22,26,27);1H. The summed E-state index contributed by atoms with van der Waals surface area (Å²) < 4.78 is 28.7. The Labute approximate surface area is 195 Å². The molecule has 0 amide bonds. The van der Waals surface area contributed by atoms with Crippen LogP contribution in [0.5, 0.6) is 0 Å². The lowest BCUT2D eigenvalue weighted by Gasteiger charge is -2.35. The Hall–Kier alpha value is -1.69. The van der Waals surface area contributed by atoms with Crippen molar-refractivity contribution in [1.29, 1.82) is 0 Å². The molecule has 0 radical (unpaired) electrons. The average molecular weight is 544 g/mol. The van der Waals surface area contributed by atoms with Gasteiger partial charge in [-0.2, -0.15) is 0 Å². The first-order valence-electron chi connectivity index (χ1n) is 9.63. The van der Waals surface area contributed by atoms with E-state index in [-0.39, 0.29) is 35.0 Å². The van der Waals surface area contributed by atoms with Crippen molar-refractivity contribution in [2.45, 2.75) is 24.3 Å². The molecule has 3 N–H and O–H groups in total. The summed E-state index contributed by atoms with van der Waals surface area (Å²) in [5, 5.41) is 8.53. The van der Waals surface area contributed by atoms with Gasteiger partial charge in [0.1, 0.15) is 6.10 Å². The summed E-state index contributed by atoms with van der Waals surface area (Å²) in [6.45, 7) is 4.97. The van der Waals surface area contributed by atoms with Gasteiger partial charge in [0.15, 0.2) is 5.96 Å². The van der Waals surface area contributed by atoms with Crippen molar-refractivity contribution in [2.75, 3.05) is 33.3 Å². The summed E-state index contributed by atoms with van der Waals surface area (Å²) in [4.78, 5) is 6.76. The molecule has 2 aromatic carbocycles. The van der Waals surface area contributed by atoms with Crippen LogP contribution in [0.2, 0.25) is 0 Å². The zero-order valence-corrected chi connectivity index (χ0v) is 20.4. The highest BCUT2D eigenvalue weighted by Crippen LogP contribution is 2.24. The van der Waals surface area contributed by atoms with Gasteiger partial charge in [0, 0.05) is 20.1 Å². The van der Waals surface area contributed by atoms with Gasteiger partial charge >= 0.3 is 0 Å². The smallest absolute Gasteiger partial charge is 0.238 e. The largest absolute Gasteiger partial charge is 0.370 e. The predicted octanol–water partition coefficient (Wildman–Crippen LogP) is 2.45. The minimum Gasteiger partial charge on any atom is -0.370 e. The van der Waals surface area contributed by atoms with E-state index in [9.17, 15) is 8.42 Å². The number of nitrogens with one attached hydrogen (secondary N) is 1. The van der Waals surface area contributed by atoms with E-state index in [1.54, 1.807) is 19.2 Å². The highest BCUT2D eigenvalue weighted by Gasteiger charge is 2.25. The second-order valence-electron chi connectivity index (χ2n) is 7.07. The second kappa shape index (κ2) is 11.1. The summed E-state index contributed by atoms with van der Waals surface area (Å²) in [7, 11) is -1.88. The number of benzene rings is 2. The van der Waals surface area contributed by atoms with Crippen molar-refractivity contribution >= 4 is 40.0 Å². The van der Waals surface area contributed by atoms with Crippen molar-refractivity contribution in [3.63, 3.8) is 0 Å². The topological polar surface area (TPSA) is 97.0 Å². The Morgan fingerprint density at radius 3 is 2.57 bits per heavy atom. The Balaban J connectivity index is 0.00000320. The van der Waals surface area contributed by atoms with E-state index in [4.69, 9.17) is 9.88 Å². The number of halogens is 1. The molecule has 0 bridgehead atoms. The minimum atomic E-state index is -3.66. The number of sulfonamides is 1. The van der Waals surface area contributed by atoms with Gasteiger partial charge in [-0.15, -0.1) is 24.0 Å². The molecule has 9 heteroatoms. The lowest BCUT2D eigenvalue weighted by molar-refractivity contribution is -0.00829. The molecule has 2 aromatic rings. The number of aliphatic imine (C=N–C) groups is 1. The van der Waals surface area contributed by atoms with Crippen LogP contribution < -0.4 is 10.5 Å². The second-order valence-corrected chi connectivity index (χ2v) is 8.64. The minimum absolute atomic E-state index is 0. The lowest BCUT2D eigenvalue weighted by atomic mass is 10.0. The van der Waals surface area contributed by atoms with Crippen LogP contribution in [0.3, 0.4) is 0 Å². The van der Waals surface area contributed by atoms with E-state index in [0.717, 1.165) is 31.0 Å².